The van der Waals surface area contributed by atoms with Crippen LogP contribution in [0.25, 0.3) is 0 Å². The van der Waals surface area contributed by atoms with Crippen molar-refractivity contribution < 1.29 is 13.2 Å². The third kappa shape index (κ3) is 3.49. The molecule has 3 rings (SSSR count). The quantitative estimate of drug-likeness (QED) is 0.813. The fourth-order valence-corrected chi connectivity index (χ4v) is 4.60. The van der Waals surface area contributed by atoms with Crippen LogP contribution in [0.15, 0.2) is 41.4 Å². The second kappa shape index (κ2) is 7.32. The summed E-state index contributed by atoms with van der Waals surface area (Å²) in [6.45, 7) is 3.64. The molecule has 0 unspecified atom stereocenters. The van der Waals surface area contributed by atoms with E-state index in [-0.39, 0.29) is 0 Å². The van der Waals surface area contributed by atoms with E-state index in [1.165, 1.54) is 10.5 Å². The molecule has 7 nitrogen and oxygen atoms in total. The maximum atomic E-state index is 12.9. The molecule has 1 aromatic carbocycles. The Bertz CT molecular complexity index is 928. The molecule has 0 amide bonds. The lowest BCUT2D eigenvalue weighted by atomic mass is 10.2. The van der Waals surface area contributed by atoms with Crippen LogP contribution in [-0.4, -0.2) is 51.0 Å². The van der Waals surface area contributed by atoms with Crippen molar-refractivity contribution in [3.63, 3.8) is 0 Å². The van der Waals surface area contributed by atoms with Crippen molar-refractivity contribution in [3.05, 3.63) is 47.7 Å². The number of hydrogen-bond donors (Lipinski definition) is 0. The number of rotatable bonds is 4. The van der Waals surface area contributed by atoms with E-state index in [0.29, 0.717) is 48.0 Å². The Morgan fingerprint density at radius 1 is 1.15 bits per heavy atom. The SMILES string of the molecule is COc1ccc(S(=O)(=O)N2CCN(c3ccc(C#N)cn3)CC2)c(C)c1. The molecule has 0 saturated carbocycles. The molecule has 2 aromatic rings. The minimum absolute atomic E-state index is 0.309. The van der Waals surface area contributed by atoms with Gasteiger partial charge in [-0.25, -0.2) is 13.4 Å². The Morgan fingerprint density at radius 2 is 1.88 bits per heavy atom. The zero-order valence-corrected chi connectivity index (χ0v) is 15.5. The Hall–Kier alpha value is -2.63. The van der Waals surface area contributed by atoms with Crippen LogP contribution in [0.5, 0.6) is 5.75 Å². The minimum Gasteiger partial charge on any atom is -0.497 e. The molecule has 0 bridgehead atoms. The number of nitrogens with zero attached hydrogens (tertiary/aromatic N) is 4. The van der Waals surface area contributed by atoms with E-state index in [4.69, 9.17) is 10.00 Å². The van der Waals surface area contributed by atoms with E-state index < -0.39 is 10.0 Å². The van der Waals surface area contributed by atoms with Gasteiger partial charge in [0.25, 0.3) is 0 Å². The lowest BCUT2D eigenvalue weighted by Gasteiger charge is -2.34. The first-order valence-electron chi connectivity index (χ1n) is 8.21. The number of aromatic nitrogens is 1. The Balaban J connectivity index is 1.73. The van der Waals surface area contributed by atoms with Gasteiger partial charge in [-0.3, -0.25) is 0 Å². The van der Waals surface area contributed by atoms with Crippen molar-refractivity contribution in [2.24, 2.45) is 0 Å². The molecule has 0 aliphatic carbocycles. The number of ether oxygens (including phenoxy) is 1. The summed E-state index contributed by atoms with van der Waals surface area (Å²) < 4.78 is 32.5. The monoisotopic (exact) mass is 372 g/mol. The van der Waals surface area contributed by atoms with Crippen molar-refractivity contribution in [1.82, 2.24) is 9.29 Å². The average Bonchev–Trinajstić information content (AvgIpc) is 2.67. The molecule has 0 N–H and O–H groups in total. The van der Waals surface area contributed by atoms with Gasteiger partial charge in [0, 0.05) is 32.4 Å². The molecule has 1 aromatic heterocycles. The number of benzene rings is 1. The molecule has 1 fully saturated rings. The van der Waals surface area contributed by atoms with E-state index in [9.17, 15) is 8.42 Å². The molecular formula is C18H20N4O3S. The number of hydrogen-bond acceptors (Lipinski definition) is 6. The topological polar surface area (TPSA) is 86.5 Å². The highest BCUT2D eigenvalue weighted by molar-refractivity contribution is 7.89. The summed E-state index contributed by atoms with van der Waals surface area (Å²) in [4.78, 5) is 6.60. The van der Waals surface area contributed by atoms with Gasteiger partial charge in [0.2, 0.25) is 10.0 Å². The smallest absolute Gasteiger partial charge is 0.243 e. The number of sulfonamides is 1. The number of nitriles is 1. The van der Waals surface area contributed by atoms with Crippen molar-refractivity contribution in [2.45, 2.75) is 11.8 Å². The van der Waals surface area contributed by atoms with Gasteiger partial charge >= 0.3 is 0 Å². The summed E-state index contributed by atoms with van der Waals surface area (Å²) in [7, 11) is -1.99. The first-order chi connectivity index (χ1) is 12.5. The van der Waals surface area contributed by atoms with Gasteiger partial charge in [0.05, 0.1) is 17.6 Å². The fraction of sp³-hybridized carbons (Fsp3) is 0.333. The molecule has 0 spiro atoms. The number of aryl methyl sites for hydroxylation is 1. The predicted molar refractivity (Wildman–Crippen MR) is 97.7 cm³/mol. The summed E-state index contributed by atoms with van der Waals surface area (Å²) >= 11 is 0. The molecule has 0 radical (unpaired) electrons. The maximum Gasteiger partial charge on any atom is 0.243 e. The summed E-state index contributed by atoms with van der Waals surface area (Å²) in [6, 6.07) is 10.5. The molecule has 2 heterocycles. The first-order valence-corrected chi connectivity index (χ1v) is 9.65. The Labute approximate surface area is 153 Å². The van der Waals surface area contributed by atoms with E-state index >= 15 is 0 Å². The second-order valence-electron chi connectivity index (χ2n) is 6.04. The number of anilines is 1. The van der Waals surface area contributed by atoms with Crippen molar-refractivity contribution >= 4 is 15.8 Å². The van der Waals surface area contributed by atoms with Crippen LogP contribution in [0.1, 0.15) is 11.1 Å². The van der Waals surface area contributed by atoms with Gasteiger partial charge in [-0.2, -0.15) is 9.57 Å². The zero-order chi connectivity index (χ0) is 18.7. The number of pyridine rings is 1. The standard InChI is InChI=1S/C18H20N4O3S/c1-14-11-16(25-2)4-5-17(14)26(23,24)22-9-7-21(8-10-22)18-6-3-15(12-19)13-20-18/h3-6,11,13H,7-10H2,1-2H3. The van der Waals surface area contributed by atoms with Crippen LogP contribution in [0.3, 0.4) is 0 Å². The summed E-state index contributed by atoms with van der Waals surface area (Å²) in [5, 5.41) is 8.84. The lowest BCUT2D eigenvalue weighted by Crippen LogP contribution is -2.49. The highest BCUT2D eigenvalue weighted by Crippen LogP contribution is 2.25. The van der Waals surface area contributed by atoms with Gasteiger partial charge in [-0.1, -0.05) is 0 Å². The lowest BCUT2D eigenvalue weighted by molar-refractivity contribution is 0.383. The molecule has 26 heavy (non-hydrogen) atoms. The molecular weight excluding hydrogens is 352 g/mol. The van der Waals surface area contributed by atoms with Gasteiger partial charge in [-0.15, -0.1) is 0 Å². The molecule has 1 aliphatic rings. The van der Waals surface area contributed by atoms with Crippen LogP contribution in [-0.2, 0) is 10.0 Å². The number of piperazine rings is 1. The maximum absolute atomic E-state index is 12.9. The summed E-state index contributed by atoms with van der Waals surface area (Å²) in [6.07, 6.45) is 1.53. The summed E-state index contributed by atoms with van der Waals surface area (Å²) in [5.74, 6) is 1.39. The first kappa shape index (κ1) is 18.2. The van der Waals surface area contributed by atoms with E-state index in [1.54, 1.807) is 44.4 Å². The van der Waals surface area contributed by atoms with Crippen molar-refractivity contribution in [3.8, 4) is 11.8 Å². The fourth-order valence-electron chi connectivity index (χ4n) is 2.97. The third-order valence-electron chi connectivity index (χ3n) is 4.44. The highest BCUT2D eigenvalue weighted by Gasteiger charge is 2.30. The van der Waals surface area contributed by atoms with Crippen molar-refractivity contribution in [1.29, 1.82) is 5.26 Å². The Kier molecular flexibility index (Phi) is 5.11. The molecule has 136 valence electrons. The van der Waals surface area contributed by atoms with Crippen LogP contribution in [0.4, 0.5) is 5.82 Å². The molecule has 1 aliphatic heterocycles. The van der Waals surface area contributed by atoms with Crippen LogP contribution in [0.2, 0.25) is 0 Å². The molecule has 0 atom stereocenters. The predicted octanol–water partition coefficient (Wildman–Crippen LogP) is 1.78. The second-order valence-corrected chi connectivity index (χ2v) is 7.95. The van der Waals surface area contributed by atoms with Gasteiger partial charge in [-0.05, 0) is 42.8 Å². The van der Waals surface area contributed by atoms with Crippen LogP contribution >= 0.6 is 0 Å². The largest absolute Gasteiger partial charge is 0.497 e. The molecule has 1 saturated heterocycles. The van der Waals surface area contributed by atoms with E-state index in [2.05, 4.69) is 4.98 Å². The van der Waals surface area contributed by atoms with Gasteiger partial charge in [0.15, 0.2) is 0 Å². The van der Waals surface area contributed by atoms with Crippen LogP contribution in [0, 0.1) is 18.3 Å². The Morgan fingerprint density at radius 3 is 2.42 bits per heavy atom. The van der Waals surface area contributed by atoms with Gasteiger partial charge in [0.1, 0.15) is 17.6 Å². The van der Waals surface area contributed by atoms with Gasteiger partial charge < -0.3 is 9.64 Å². The number of methoxy groups -OCH3 is 1. The van der Waals surface area contributed by atoms with E-state index in [0.717, 1.165) is 5.82 Å². The third-order valence-corrected chi connectivity index (χ3v) is 6.50. The van der Waals surface area contributed by atoms with E-state index in [1.807, 2.05) is 11.0 Å². The zero-order valence-electron chi connectivity index (χ0n) is 14.7. The summed E-state index contributed by atoms with van der Waals surface area (Å²) in [5.41, 5.74) is 1.17. The van der Waals surface area contributed by atoms with Crippen LogP contribution < -0.4 is 9.64 Å². The normalized spacial score (nSPS) is 15.5. The van der Waals surface area contributed by atoms with Crippen molar-refractivity contribution in [2.75, 3.05) is 38.2 Å². The highest BCUT2D eigenvalue weighted by atomic mass is 32.2. The minimum atomic E-state index is -3.55. The average molecular weight is 372 g/mol. The molecule has 8 heteroatoms.